The maximum atomic E-state index is 3.73. The predicted molar refractivity (Wildman–Crippen MR) is 93.9 cm³/mol. The summed E-state index contributed by atoms with van der Waals surface area (Å²) in [4.78, 5) is 5.30. The van der Waals surface area contributed by atoms with Crippen molar-refractivity contribution in [3.63, 3.8) is 0 Å². The van der Waals surface area contributed by atoms with Gasteiger partial charge in [-0.2, -0.15) is 0 Å². The normalized spacial score (nSPS) is 21.4. The average molecular weight is 298 g/mol. The van der Waals surface area contributed by atoms with Crippen LogP contribution in [0.1, 0.15) is 60.8 Å². The van der Waals surface area contributed by atoms with Crippen molar-refractivity contribution in [3.8, 4) is 0 Å². The lowest BCUT2D eigenvalue weighted by Gasteiger charge is -2.41. The topological polar surface area (TPSA) is 18.5 Å². The van der Waals surface area contributed by atoms with Crippen LogP contribution in [-0.2, 0) is 0 Å². The van der Waals surface area contributed by atoms with Gasteiger partial charge in [-0.1, -0.05) is 27.2 Å². The van der Waals surface area contributed by atoms with Crippen LogP contribution in [0, 0.1) is 5.41 Å². The molecule has 1 unspecified atom stereocenters. The second kappa shape index (κ2) is 8.50. The fraction of sp³-hybridized carbons (Fsp3) is 1.00. The zero-order chi connectivity index (χ0) is 15.9. The molecule has 0 amide bonds. The molecule has 3 nitrogen and oxygen atoms in total. The summed E-state index contributed by atoms with van der Waals surface area (Å²) in [5.74, 6) is 0. The van der Waals surface area contributed by atoms with E-state index in [9.17, 15) is 0 Å². The van der Waals surface area contributed by atoms with E-state index < -0.39 is 0 Å². The van der Waals surface area contributed by atoms with Gasteiger partial charge in [0.25, 0.3) is 0 Å². The molecule has 0 bridgehead atoms. The van der Waals surface area contributed by atoms with Gasteiger partial charge in [-0.25, -0.2) is 0 Å². The van der Waals surface area contributed by atoms with Crippen LogP contribution in [-0.4, -0.2) is 61.2 Å². The quantitative estimate of drug-likeness (QED) is 0.742. The molecule has 1 aliphatic heterocycles. The van der Waals surface area contributed by atoms with E-state index in [0.717, 1.165) is 6.54 Å². The van der Waals surface area contributed by atoms with Gasteiger partial charge in [0.05, 0.1) is 0 Å². The van der Waals surface area contributed by atoms with Crippen molar-refractivity contribution in [2.75, 3.05) is 45.8 Å². The molecule has 126 valence electrons. The summed E-state index contributed by atoms with van der Waals surface area (Å²) in [6.07, 6.45) is 3.87. The third-order valence-corrected chi connectivity index (χ3v) is 4.51. The summed E-state index contributed by atoms with van der Waals surface area (Å²) >= 11 is 0. The van der Waals surface area contributed by atoms with E-state index >= 15 is 0 Å². The molecule has 1 aliphatic rings. The van der Waals surface area contributed by atoms with Crippen molar-refractivity contribution in [3.05, 3.63) is 0 Å². The van der Waals surface area contributed by atoms with Gasteiger partial charge in [0, 0.05) is 44.8 Å². The first-order valence-electron chi connectivity index (χ1n) is 8.98. The highest BCUT2D eigenvalue weighted by molar-refractivity contribution is 4.85. The van der Waals surface area contributed by atoms with Gasteiger partial charge in [0.15, 0.2) is 0 Å². The third-order valence-electron chi connectivity index (χ3n) is 4.51. The van der Waals surface area contributed by atoms with E-state index in [0.29, 0.717) is 5.41 Å². The van der Waals surface area contributed by atoms with Gasteiger partial charge in [0.1, 0.15) is 0 Å². The minimum absolute atomic E-state index is 0.217. The summed E-state index contributed by atoms with van der Waals surface area (Å²) < 4.78 is 0. The molecule has 0 spiro atoms. The van der Waals surface area contributed by atoms with Crippen LogP contribution in [0.25, 0.3) is 0 Å². The molecule has 3 heteroatoms. The van der Waals surface area contributed by atoms with Crippen LogP contribution in [0.2, 0.25) is 0 Å². The van der Waals surface area contributed by atoms with Crippen molar-refractivity contribution in [1.82, 2.24) is 15.1 Å². The Balaban J connectivity index is 2.46. The Morgan fingerprint density at radius 2 is 1.43 bits per heavy atom. The zero-order valence-corrected chi connectivity index (χ0v) is 15.5. The highest BCUT2D eigenvalue weighted by atomic mass is 15.3. The standard InChI is InChI=1S/C18H39N3/c1-7-9-18(6,15-19-17(3,4)5)16-21-13-11-20(10-8-2)12-14-21/h19H,7-16H2,1-6H3. The van der Waals surface area contributed by atoms with Gasteiger partial charge in [0.2, 0.25) is 0 Å². The van der Waals surface area contributed by atoms with Gasteiger partial charge in [-0.05, 0) is 45.6 Å². The fourth-order valence-electron chi connectivity index (χ4n) is 3.33. The second-order valence-electron chi connectivity index (χ2n) is 8.28. The Morgan fingerprint density at radius 3 is 1.90 bits per heavy atom. The number of rotatable bonds is 8. The predicted octanol–water partition coefficient (Wildman–Crippen LogP) is 3.21. The van der Waals surface area contributed by atoms with Crippen molar-refractivity contribution in [2.45, 2.75) is 66.3 Å². The maximum absolute atomic E-state index is 3.73. The van der Waals surface area contributed by atoms with E-state index in [-0.39, 0.29) is 5.54 Å². The lowest BCUT2D eigenvalue weighted by molar-refractivity contribution is 0.0827. The van der Waals surface area contributed by atoms with E-state index in [1.807, 2.05) is 0 Å². The van der Waals surface area contributed by atoms with Crippen LogP contribution in [0.15, 0.2) is 0 Å². The molecule has 1 fully saturated rings. The number of nitrogens with zero attached hydrogens (tertiary/aromatic N) is 2. The Kier molecular flexibility index (Phi) is 7.66. The van der Waals surface area contributed by atoms with E-state index in [1.54, 1.807) is 0 Å². The molecule has 1 saturated heterocycles. The summed E-state index contributed by atoms with van der Waals surface area (Å²) in [7, 11) is 0. The lowest BCUT2D eigenvalue weighted by Crippen LogP contribution is -2.52. The number of hydrogen-bond donors (Lipinski definition) is 1. The summed E-state index contributed by atoms with van der Waals surface area (Å²) in [6.45, 7) is 22.5. The largest absolute Gasteiger partial charge is 0.311 e. The lowest BCUT2D eigenvalue weighted by atomic mass is 9.84. The first kappa shape index (κ1) is 18.9. The van der Waals surface area contributed by atoms with E-state index in [1.165, 1.54) is 58.5 Å². The highest BCUT2D eigenvalue weighted by Crippen LogP contribution is 2.25. The molecule has 1 heterocycles. The first-order valence-corrected chi connectivity index (χ1v) is 8.98. The third kappa shape index (κ3) is 7.62. The van der Waals surface area contributed by atoms with E-state index in [4.69, 9.17) is 0 Å². The van der Waals surface area contributed by atoms with Gasteiger partial charge < -0.3 is 15.1 Å². The average Bonchev–Trinajstić information content (AvgIpc) is 2.39. The van der Waals surface area contributed by atoms with Crippen molar-refractivity contribution >= 4 is 0 Å². The molecule has 0 aromatic rings. The summed E-state index contributed by atoms with van der Waals surface area (Å²) in [5.41, 5.74) is 0.615. The maximum Gasteiger partial charge on any atom is 0.0110 e. The monoisotopic (exact) mass is 297 g/mol. The minimum atomic E-state index is 0.217. The molecule has 1 N–H and O–H groups in total. The van der Waals surface area contributed by atoms with Crippen LogP contribution < -0.4 is 5.32 Å². The summed E-state index contributed by atoms with van der Waals surface area (Å²) in [5, 5.41) is 3.73. The molecule has 0 saturated carbocycles. The first-order chi connectivity index (χ1) is 9.78. The molecule has 1 atom stereocenters. The molecule has 0 aromatic heterocycles. The van der Waals surface area contributed by atoms with Crippen LogP contribution in [0.5, 0.6) is 0 Å². The highest BCUT2D eigenvalue weighted by Gasteiger charge is 2.29. The second-order valence-corrected chi connectivity index (χ2v) is 8.28. The Labute approximate surface area is 133 Å². The fourth-order valence-corrected chi connectivity index (χ4v) is 3.33. The van der Waals surface area contributed by atoms with E-state index in [2.05, 4.69) is 56.7 Å². The van der Waals surface area contributed by atoms with Crippen molar-refractivity contribution in [1.29, 1.82) is 0 Å². The molecule has 0 aliphatic carbocycles. The van der Waals surface area contributed by atoms with Gasteiger partial charge in [-0.15, -0.1) is 0 Å². The zero-order valence-electron chi connectivity index (χ0n) is 15.5. The SMILES string of the molecule is CCCN1CCN(CC(C)(CCC)CNC(C)(C)C)CC1. The Morgan fingerprint density at radius 1 is 0.857 bits per heavy atom. The molecule has 21 heavy (non-hydrogen) atoms. The molecule has 1 rings (SSSR count). The van der Waals surface area contributed by atoms with Gasteiger partial charge >= 0.3 is 0 Å². The number of hydrogen-bond acceptors (Lipinski definition) is 3. The molecule has 0 aromatic carbocycles. The van der Waals surface area contributed by atoms with Crippen LogP contribution >= 0.6 is 0 Å². The van der Waals surface area contributed by atoms with Crippen LogP contribution in [0.4, 0.5) is 0 Å². The van der Waals surface area contributed by atoms with Gasteiger partial charge in [-0.3, -0.25) is 0 Å². The number of piperazine rings is 1. The minimum Gasteiger partial charge on any atom is -0.311 e. The molecular formula is C18H39N3. The van der Waals surface area contributed by atoms with Crippen molar-refractivity contribution < 1.29 is 0 Å². The van der Waals surface area contributed by atoms with Crippen molar-refractivity contribution in [2.24, 2.45) is 5.41 Å². The Hall–Kier alpha value is -0.120. The smallest absolute Gasteiger partial charge is 0.0110 e. The number of nitrogens with one attached hydrogen (secondary N) is 1. The molecule has 0 radical (unpaired) electrons. The summed E-state index contributed by atoms with van der Waals surface area (Å²) in [6, 6.07) is 0. The molecular weight excluding hydrogens is 258 g/mol. The van der Waals surface area contributed by atoms with Crippen LogP contribution in [0.3, 0.4) is 0 Å². The Bertz CT molecular complexity index is 277.